The molecule has 2 aromatic rings. The monoisotopic (exact) mass is 203 g/mol. The van der Waals surface area contributed by atoms with Crippen molar-refractivity contribution in [1.29, 1.82) is 0 Å². The van der Waals surface area contributed by atoms with Gasteiger partial charge in [-0.1, -0.05) is 12.1 Å². The molecule has 0 aliphatic rings. The smallest absolute Gasteiger partial charge is 0.268 e. The molecule has 0 amide bonds. The van der Waals surface area contributed by atoms with E-state index in [1.165, 1.54) is 7.11 Å². The summed E-state index contributed by atoms with van der Waals surface area (Å²) in [5.41, 5.74) is 5.97. The zero-order valence-corrected chi connectivity index (χ0v) is 8.11. The number of rotatable bonds is 2. The molecular formula is C11H9NO3. The highest BCUT2D eigenvalue weighted by Crippen LogP contribution is 2.26. The van der Waals surface area contributed by atoms with Crippen LogP contribution in [-0.4, -0.2) is 7.11 Å². The van der Waals surface area contributed by atoms with Gasteiger partial charge in [-0.05, 0) is 17.7 Å². The fraction of sp³-hybridized carbons (Fsp3) is 0.0909. The maximum absolute atomic E-state index is 11.3. The first-order valence-corrected chi connectivity index (χ1v) is 4.38. The van der Waals surface area contributed by atoms with Gasteiger partial charge in [-0.25, -0.2) is 0 Å². The molecule has 0 atom stereocenters. The highest BCUT2D eigenvalue weighted by atomic mass is 16.5. The maximum Gasteiger partial charge on any atom is 0.268 e. The quantitative estimate of drug-likeness (QED) is 0.571. The van der Waals surface area contributed by atoms with Crippen LogP contribution in [-0.2, 0) is 0 Å². The average Bonchev–Trinajstić information content (AvgIpc) is 2.24. The first kappa shape index (κ1) is 9.45. The average molecular weight is 203 g/mol. The molecule has 0 unspecified atom stereocenters. The van der Waals surface area contributed by atoms with Gasteiger partial charge >= 0.3 is 0 Å². The third-order valence-electron chi connectivity index (χ3n) is 2.25. The Morgan fingerprint density at radius 2 is 1.93 bits per heavy atom. The highest BCUT2D eigenvalue weighted by Gasteiger charge is 2.22. The van der Waals surface area contributed by atoms with E-state index in [0.29, 0.717) is 16.8 Å². The number of hydrogen-bond donors (Lipinski definition) is 1. The van der Waals surface area contributed by atoms with Crippen LogP contribution in [0.3, 0.4) is 0 Å². The minimum atomic E-state index is -0.574. The lowest BCUT2D eigenvalue weighted by atomic mass is 10.00. The molecule has 0 radical (unpaired) electrons. The van der Waals surface area contributed by atoms with Crippen molar-refractivity contribution in [3.8, 4) is 16.9 Å². The van der Waals surface area contributed by atoms with Crippen LogP contribution in [0.4, 0.5) is 5.69 Å². The topological polar surface area (TPSA) is 69.4 Å². The Kier molecular flexibility index (Phi) is 2.04. The Balaban J connectivity index is 2.61. The number of methoxy groups -OCH3 is 1. The summed E-state index contributed by atoms with van der Waals surface area (Å²) >= 11 is 0. The van der Waals surface area contributed by atoms with Crippen molar-refractivity contribution in [3.05, 3.63) is 44.7 Å². The molecule has 0 aromatic heterocycles. The zero-order valence-electron chi connectivity index (χ0n) is 8.11. The van der Waals surface area contributed by atoms with Gasteiger partial charge in [0.05, 0.1) is 12.7 Å². The second-order valence-corrected chi connectivity index (χ2v) is 3.19. The lowest BCUT2D eigenvalue weighted by Crippen LogP contribution is -2.33. The number of ether oxygens (including phenoxy) is 1. The molecule has 4 nitrogen and oxygen atoms in total. The number of anilines is 1. The lowest BCUT2D eigenvalue weighted by Gasteiger charge is -2.09. The van der Waals surface area contributed by atoms with E-state index in [-0.39, 0.29) is 5.75 Å². The Labute approximate surface area is 85.6 Å². The molecule has 76 valence electrons. The summed E-state index contributed by atoms with van der Waals surface area (Å²) in [7, 11) is 1.37. The fourth-order valence-corrected chi connectivity index (χ4v) is 1.52. The van der Waals surface area contributed by atoms with Crippen LogP contribution in [0.25, 0.3) is 11.1 Å². The van der Waals surface area contributed by atoms with E-state index >= 15 is 0 Å². The minimum Gasteiger partial charge on any atom is -0.492 e. The van der Waals surface area contributed by atoms with Crippen molar-refractivity contribution in [2.24, 2.45) is 0 Å². The van der Waals surface area contributed by atoms with Crippen molar-refractivity contribution in [3.63, 3.8) is 0 Å². The molecule has 4 heteroatoms. The van der Waals surface area contributed by atoms with Gasteiger partial charge < -0.3 is 10.5 Å². The van der Waals surface area contributed by atoms with E-state index in [0.717, 1.165) is 0 Å². The summed E-state index contributed by atoms with van der Waals surface area (Å²) in [5.74, 6) is 0.116. The molecule has 0 fully saturated rings. The molecule has 0 aliphatic carbocycles. The van der Waals surface area contributed by atoms with E-state index in [1.54, 1.807) is 24.3 Å². The van der Waals surface area contributed by atoms with Crippen molar-refractivity contribution < 1.29 is 4.74 Å². The molecule has 15 heavy (non-hydrogen) atoms. The summed E-state index contributed by atoms with van der Waals surface area (Å²) in [6.45, 7) is 0. The van der Waals surface area contributed by atoms with Crippen LogP contribution >= 0.6 is 0 Å². The van der Waals surface area contributed by atoms with Gasteiger partial charge in [0, 0.05) is 5.69 Å². The molecule has 0 aliphatic heterocycles. The van der Waals surface area contributed by atoms with Crippen LogP contribution in [0.1, 0.15) is 0 Å². The lowest BCUT2D eigenvalue weighted by molar-refractivity contribution is 0.407. The Morgan fingerprint density at radius 3 is 2.53 bits per heavy atom. The number of benzene rings is 1. The summed E-state index contributed by atoms with van der Waals surface area (Å²) in [6.07, 6.45) is 0. The first-order valence-electron chi connectivity index (χ1n) is 4.38. The fourth-order valence-electron chi connectivity index (χ4n) is 1.52. The molecule has 0 saturated heterocycles. The third kappa shape index (κ3) is 1.30. The normalized spacial score (nSPS) is 10.5. The van der Waals surface area contributed by atoms with Crippen molar-refractivity contribution in [2.75, 3.05) is 12.8 Å². The van der Waals surface area contributed by atoms with Gasteiger partial charge in [0.15, 0.2) is 5.75 Å². The second kappa shape index (κ2) is 3.24. The third-order valence-corrected chi connectivity index (χ3v) is 2.25. The molecule has 0 spiro atoms. The van der Waals surface area contributed by atoms with Gasteiger partial charge in [0.2, 0.25) is 5.43 Å². The molecular weight excluding hydrogens is 194 g/mol. The standard InChI is InChI=1S/C11H9NO3/c1-15-11-8(9(13)10(11)14)6-3-2-4-7(12)5-6/h2-5H,12H2,1H3. The van der Waals surface area contributed by atoms with Crippen LogP contribution in [0.5, 0.6) is 5.75 Å². The molecule has 2 aromatic carbocycles. The van der Waals surface area contributed by atoms with Gasteiger partial charge in [-0.15, -0.1) is 0 Å². The maximum atomic E-state index is 11.3. The van der Waals surface area contributed by atoms with Gasteiger partial charge in [-0.3, -0.25) is 9.59 Å². The molecule has 0 bridgehead atoms. The summed E-state index contributed by atoms with van der Waals surface area (Å²) < 4.78 is 4.84. The highest BCUT2D eigenvalue weighted by molar-refractivity contribution is 5.75. The van der Waals surface area contributed by atoms with E-state index in [1.807, 2.05) is 0 Å². The van der Waals surface area contributed by atoms with Crippen molar-refractivity contribution in [2.45, 2.75) is 0 Å². The largest absolute Gasteiger partial charge is 0.492 e. The number of nitrogen functional groups attached to an aromatic ring is 1. The predicted molar refractivity (Wildman–Crippen MR) is 57.8 cm³/mol. The minimum absolute atomic E-state index is 0.116. The van der Waals surface area contributed by atoms with Gasteiger partial charge in [0.25, 0.3) is 5.43 Å². The van der Waals surface area contributed by atoms with E-state index in [2.05, 4.69) is 0 Å². The zero-order chi connectivity index (χ0) is 11.0. The molecule has 0 heterocycles. The molecule has 0 saturated carbocycles. The SMILES string of the molecule is COc1c(-c2cccc(N)c2)c(=O)c1=O. The Bertz CT molecular complexity index is 579. The van der Waals surface area contributed by atoms with Crippen molar-refractivity contribution >= 4 is 5.69 Å². The van der Waals surface area contributed by atoms with Crippen LogP contribution < -0.4 is 21.3 Å². The van der Waals surface area contributed by atoms with Crippen LogP contribution in [0, 0.1) is 0 Å². The van der Waals surface area contributed by atoms with Crippen molar-refractivity contribution in [1.82, 2.24) is 0 Å². The van der Waals surface area contributed by atoms with Gasteiger partial charge in [0.1, 0.15) is 0 Å². The molecule has 2 rings (SSSR count). The number of nitrogens with two attached hydrogens (primary N) is 1. The van der Waals surface area contributed by atoms with Crippen LogP contribution in [0.15, 0.2) is 33.9 Å². The van der Waals surface area contributed by atoms with E-state index in [9.17, 15) is 9.59 Å². The van der Waals surface area contributed by atoms with Crippen LogP contribution in [0.2, 0.25) is 0 Å². The first-order chi connectivity index (χ1) is 7.15. The second-order valence-electron chi connectivity index (χ2n) is 3.19. The predicted octanol–water partition coefficient (Wildman–Crippen LogP) is 0.540. The van der Waals surface area contributed by atoms with E-state index < -0.39 is 10.9 Å². The van der Waals surface area contributed by atoms with E-state index in [4.69, 9.17) is 10.5 Å². The molecule has 2 N–H and O–H groups in total. The summed E-state index contributed by atoms with van der Waals surface area (Å²) in [4.78, 5) is 22.4. The van der Waals surface area contributed by atoms with Gasteiger partial charge in [-0.2, -0.15) is 0 Å². The summed E-state index contributed by atoms with van der Waals surface area (Å²) in [6, 6.07) is 6.79. The number of hydrogen-bond acceptors (Lipinski definition) is 4. The summed E-state index contributed by atoms with van der Waals surface area (Å²) in [5, 5.41) is 0. The Morgan fingerprint density at radius 1 is 1.20 bits per heavy atom. The Hall–Kier alpha value is -2.10.